The average Bonchev–Trinajstić information content (AvgIpc) is 2.67. The largest absolute Gasteiger partial charge is 0.444 e. The number of alkyl halides is 1. The summed E-state index contributed by atoms with van der Waals surface area (Å²) in [5.41, 5.74) is -0.634. The maximum atomic E-state index is 13.6. The zero-order valence-electron chi connectivity index (χ0n) is 10.2. The number of amides is 1. The molecule has 0 saturated carbocycles. The van der Waals surface area contributed by atoms with Gasteiger partial charge in [0.2, 0.25) is 0 Å². The molecule has 0 radical (unpaired) electrons. The lowest BCUT2D eigenvalue weighted by atomic mass is 10.1. The molecule has 17 heavy (non-hydrogen) atoms. The van der Waals surface area contributed by atoms with Gasteiger partial charge in [-0.2, -0.15) is 0 Å². The third-order valence-electron chi connectivity index (χ3n) is 2.91. The van der Waals surface area contributed by atoms with Gasteiger partial charge in [0, 0.05) is 0 Å². The first-order valence-corrected chi connectivity index (χ1v) is 5.73. The summed E-state index contributed by atoms with van der Waals surface area (Å²) in [6.45, 7) is 5.21. The van der Waals surface area contributed by atoms with E-state index in [0.29, 0.717) is 0 Å². The number of hydrogen-bond donors (Lipinski definition) is 1. The normalized spacial score (nSPS) is 37.1. The summed E-state index contributed by atoms with van der Waals surface area (Å²) in [5, 5.41) is 9.69. The third kappa shape index (κ3) is 2.37. The molecule has 5 nitrogen and oxygen atoms in total. The van der Waals surface area contributed by atoms with Gasteiger partial charge in [-0.1, -0.05) is 0 Å². The molecule has 98 valence electrons. The van der Waals surface area contributed by atoms with Crippen molar-refractivity contribution in [3.05, 3.63) is 0 Å². The lowest BCUT2D eigenvalue weighted by Crippen LogP contribution is -2.46. The smallest absolute Gasteiger partial charge is 0.410 e. The summed E-state index contributed by atoms with van der Waals surface area (Å²) in [5.74, 6) is 0. The van der Waals surface area contributed by atoms with Gasteiger partial charge in [0.15, 0.2) is 0 Å². The second kappa shape index (κ2) is 4.10. The number of carbonyl (C=O) groups is 1. The summed E-state index contributed by atoms with van der Waals surface area (Å²) in [4.78, 5) is 13.1. The molecule has 0 aromatic rings. The molecule has 0 aromatic heterocycles. The second-order valence-electron chi connectivity index (χ2n) is 5.50. The van der Waals surface area contributed by atoms with E-state index in [-0.39, 0.29) is 13.2 Å². The number of nitrogens with zero attached hydrogens (tertiary/aromatic N) is 1. The molecule has 0 aromatic carbocycles. The van der Waals surface area contributed by atoms with E-state index in [1.165, 1.54) is 4.90 Å². The fourth-order valence-electron chi connectivity index (χ4n) is 2.26. The molecular formula is C11H18FNO4. The van der Waals surface area contributed by atoms with E-state index >= 15 is 0 Å². The number of likely N-dealkylation sites (tertiary alicyclic amines) is 1. The third-order valence-corrected chi connectivity index (χ3v) is 2.91. The van der Waals surface area contributed by atoms with Crippen molar-refractivity contribution in [2.24, 2.45) is 0 Å². The van der Waals surface area contributed by atoms with Crippen LogP contribution < -0.4 is 0 Å². The van der Waals surface area contributed by atoms with E-state index < -0.39 is 36.1 Å². The first kappa shape index (κ1) is 12.6. The minimum Gasteiger partial charge on any atom is -0.444 e. The Bertz CT molecular complexity index is 317. The van der Waals surface area contributed by atoms with Gasteiger partial charge in [0.1, 0.15) is 24.0 Å². The molecule has 1 amide bonds. The molecule has 0 spiro atoms. The standard InChI is InChI=1S/C11H18FNO4/c1-11(2,3)17-10(15)13-4-6(12)9-8(13)7(14)5-16-9/h6-9,14H,4-5H2,1-3H3/t6-,7-,8?,9?/m0/s1. The highest BCUT2D eigenvalue weighted by Crippen LogP contribution is 2.32. The number of hydrogen-bond acceptors (Lipinski definition) is 4. The van der Waals surface area contributed by atoms with Crippen molar-refractivity contribution < 1.29 is 23.8 Å². The number of ether oxygens (including phenoxy) is 2. The number of rotatable bonds is 0. The predicted molar refractivity (Wildman–Crippen MR) is 57.4 cm³/mol. The SMILES string of the molecule is CC(C)(C)OC(=O)N1C[C@H](F)C2OC[C@H](O)C21. The van der Waals surface area contributed by atoms with E-state index in [2.05, 4.69) is 0 Å². The van der Waals surface area contributed by atoms with Crippen LogP contribution in [0.3, 0.4) is 0 Å². The van der Waals surface area contributed by atoms with E-state index in [4.69, 9.17) is 9.47 Å². The summed E-state index contributed by atoms with van der Waals surface area (Å²) < 4.78 is 23.9. The fourth-order valence-corrected chi connectivity index (χ4v) is 2.26. The summed E-state index contributed by atoms with van der Waals surface area (Å²) in [6.07, 6.45) is -3.42. The molecular weight excluding hydrogens is 229 g/mol. The maximum Gasteiger partial charge on any atom is 0.410 e. The molecule has 2 aliphatic rings. The molecule has 6 heteroatoms. The Balaban J connectivity index is 2.08. The Morgan fingerprint density at radius 1 is 1.53 bits per heavy atom. The molecule has 2 fully saturated rings. The molecule has 2 saturated heterocycles. The molecule has 2 aliphatic heterocycles. The van der Waals surface area contributed by atoms with Crippen molar-refractivity contribution >= 4 is 6.09 Å². The molecule has 1 N–H and O–H groups in total. The van der Waals surface area contributed by atoms with Crippen LogP contribution in [-0.2, 0) is 9.47 Å². The van der Waals surface area contributed by atoms with E-state index in [1.807, 2.05) is 0 Å². The summed E-state index contributed by atoms with van der Waals surface area (Å²) in [6, 6.07) is -0.625. The molecule has 2 rings (SSSR count). The van der Waals surface area contributed by atoms with E-state index in [1.54, 1.807) is 20.8 Å². The molecule has 2 heterocycles. The number of halogens is 1. The topological polar surface area (TPSA) is 59.0 Å². The Morgan fingerprint density at radius 3 is 2.76 bits per heavy atom. The number of carbonyl (C=O) groups excluding carboxylic acids is 1. The monoisotopic (exact) mass is 247 g/mol. The van der Waals surface area contributed by atoms with Crippen molar-refractivity contribution in [3.63, 3.8) is 0 Å². The van der Waals surface area contributed by atoms with E-state index in [0.717, 1.165) is 0 Å². The first-order valence-electron chi connectivity index (χ1n) is 5.73. The van der Waals surface area contributed by atoms with Crippen LogP contribution in [0, 0.1) is 0 Å². The van der Waals surface area contributed by atoms with Crippen molar-refractivity contribution in [3.8, 4) is 0 Å². The zero-order valence-corrected chi connectivity index (χ0v) is 10.2. The van der Waals surface area contributed by atoms with Crippen molar-refractivity contribution in [2.75, 3.05) is 13.2 Å². The Hall–Kier alpha value is -0.880. The Labute approximate surface area is 99.5 Å². The minimum absolute atomic E-state index is 0.0645. The zero-order chi connectivity index (χ0) is 12.8. The van der Waals surface area contributed by atoms with Crippen LogP contribution in [0.15, 0.2) is 0 Å². The van der Waals surface area contributed by atoms with Crippen molar-refractivity contribution in [2.45, 2.75) is 50.8 Å². The summed E-state index contributed by atoms with van der Waals surface area (Å²) in [7, 11) is 0. The molecule has 2 unspecified atom stereocenters. The van der Waals surface area contributed by atoms with Crippen LogP contribution in [0.25, 0.3) is 0 Å². The molecule has 0 aliphatic carbocycles. The Kier molecular flexibility index (Phi) is 3.03. The predicted octanol–water partition coefficient (Wildman–Crippen LogP) is 0.704. The van der Waals surface area contributed by atoms with Crippen LogP contribution in [0.2, 0.25) is 0 Å². The van der Waals surface area contributed by atoms with Crippen molar-refractivity contribution in [1.82, 2.24) is 4.90 Å². The van der Waals surface area contributed by atoms with Crippen LogP contribution in [0.1, 0.15) is 20.8 Å². The van der Waals surface area contributed by atoms with E-state index in [9.17, 15) is 14.3 Å². The maximum absolute atomic E-state index is 13.6. The number of aliphatic hydroxyl groups is 1. The quantitative estimate of drug-likeness (QED) is 0.684. The van der Waals surface area contributed by atoms with Crippen molar-refractivity contribution in [1.29, 1.82) is 0 Å². The fraction of sp³-hybridized carbons (Fsp3) is 0.909. The highest BCUT2D eigenvalue weighted by molar-refractivity contribution is 5.69. The van der Waals surface area contributed by atoms with Crippen LogP contribution >= 0.6 is 0 Å². The minimum atomic E-state index is -1.26. The van der Waals surface area contributed by atoms with Gasteiger partial charge in [-0.05, 0) is 20.8 Å². The summed E-state index contributed by atoms with van der Waals surface area (Å²) >= 11 is 0. The van der Waals surface area contributed by atoms with Gasteiger partial charge in [-0.15, -0.1) is 0 Å². The van der Waals surface area contributed by atoms with Gasteiger partial charge in [-0.25, -0.2) is 9.18 Å². The average molecular weight is 247 g/mol. The highest BCUT2D eigenvalue weighted by Gasteiger charge is 2.53. The first-order chi connectivity index (χ1) is 7.79. The van der Waals surface area contributed by atoms with Gasteiger partial charge in [0.05, 0.1) is 19.2 Å². The van der Waals surface area contributed by atoms with Gasteiger partial charge < -0.3 is 14.6 Å². The lowest BCUT2D eigenvalue weighted by Gasteiger charge is -2.28. The highest BCUT2D eigenvalue weighted by atomic mass is 19.1. The van der Waals surface area contributed by atoms with Crippen LogP contribution in [0.5, 0.6) is 0 Å². The Morgan fingerprint density at radius 2 is 2.18 bits per heavy atom. The van der Waals surface area contributed by atoms with Crippen LogP contribution in [0.4, 0.5) is 9.18 Å². The number of fused-ring (bicyclic) bond motifs is 1. The second-order valence-corrected chi connectivity index (χ2v) is 5.50. The lowest BCUT2D eigenvalue weighted by molar-refractivity contribution is 0.00976. The molecule has 0 bridgehead atoms. The van der Waals surface area contributed by atoms with Gasteiger partial charge in [0.25, 0.3) is 0 Å². The van der Waals surface area contributed by atoms with Crippen LogP contribution in [-0.4, -0.2) is 59.3 Å². The van der Waals surface area contributed by atoms with Gasteiger partial charge >= 0.3 is 6.09 Å². The molecule has 4 atom stereocenters. The van der Waals surface area contributed by atoms with Gasteiger partial charge in [-0.3, -0.25) is 4.90 Å². The number of aliphatic hydroxyl groups excluding tert-OH is 1.